The van der Waals surface area contributed by atoms with E-state index in [1.54, 1.807) is 4.31 Å². The summed E-state index contributed by atoms with van der Waals surface area (Å²) in [5.41, 5.74) is 0. The maximum absolute atomic E-state index is 12.1. The highest BCUT2D eigenvalue weighted by molar-refractivity contribution is 7.90. The lowest BCUT2D eigenvalue weighted by molar-refractivity contribution is 0.217. The Morgan fingerprint density at radius 3 is 2.94 bits per heavy atom. The molecule has 0 amide bonds. The van der Waals surface area contributed by atoms with Gasteiger partial charge in [-0.3, -0.25) is 0 Å². The minimum Gasteiger partial charge on any atom is -0.315 e. The van der Waals surface area contributed by atoms with Crippen LogP contribution in [0.15, 0.2) is 0 Å². The van der Waals surface area contributed by atoms with Gasteiger partial charge in [-0.25, -0.2) is 8.42 Å². The number of nitriles is 1. The Labute approximate surface area is 96.5 Å². The van der Waals surface area contributed by atoms with E-state index in [1.165, 1.54) is 6.92 Å². The van der Waals surface area contributed by atoms with Crippen molar-refractivity contribution in [1.29, 1.82) is 5.26 Å². The molecule has 0 radical (unpaired) electrons. The summed E-state index contributed by atoms with van der Waals surface area (Å²) in [4.78, 5) is 0. The lowest BCUT2D eigenvalue weighted by atomic mass is 9.94. The molecule has 0 aliphatic carbocycles. The first-order valence-electron chi connectivity index (χ1n) is 5.68. The van der Waals surface area contributed by atoms with Gasteiger partial charge in [0.2, 0.25) is 10.0 Å². The normalized spacial score (nSPS) is 33.0. The fourth-order valence-electron chi connectivity index (χ4n) is 2.61. The van der Waals surface area contributed by atoms with Crippen LogP contribution in [0, 0.1) is 17.2 Å². The molecule has 1 N–H and O–H groups in total. The Morgan fingerprint density at radius 2 is 2.25 bits per heavy atom. The molecule has 0 aromatic heterocycles. The van der Waals surface area contributed by atoms with Crippen LogP contribution < -0.4 is 5.32 Å². The van der Waals surface area contributed by atoms with Crippen molar-refractivity contribution in [2.24, 2.45) is 5.92 Å². The summed E-state index contributed by atoms with van der Waals surface area (Å²) in [5, 5.41) is 11.1. The van der Waals surface area contributed by atoms with E-state index in [9.17, 15) is 8.42 Å². The van der Waals surface area contributed by atoms with Crippen molar-refractivity contribution >= 4 is 10.0 Å². The van der Waals surface area contributed by atoms with Gasteiger partial charge in [-0.2, -0.15) is 9.57 Å². The molecule has 2 saturated heterocycles. The molecule has 2 aliphatic rings. The van der Waals surface area contributed by atoms with E-state index >= 15 is 0 Å². The number of nitrogens with one attached hydrogen (secondary N) is 1. The Hall–Kier alpha value is -0.640. The fourth-order valence-corrected chi connectivity index (χ4v) is 4.16. The molecule has 2 heterocycles. The molecular formula is C10H17N3O2S. The molecule has 3 unspecified atom stereocenters. The van der Waals surface area contributed by atoms with E-state index in [0.29, 0.717) is 12.5 Å². The first kappa shape index (κ1) is 11.8. The Bertz CT molecular complexity index is 401. The van der Waals surface area contributed by atoms with Gasteiger partial charge in [0.1, 0.15) is 0 Å². The molecule has 3 atom stereocenters. The van der Waals surface area contributed by atoms with Gasteiger partial charge >= 0.3 is 0 Å². The van der Waals surface area contributed by atoms with Gasteiger partial charge in [0, 0.05) is 19.1 Å². The number of piperidine rings is 1. The average molecular weight is 243 g/mol. The number of sulfonamides is 1. The number of rotatable bonds is 2. The van der Waals surface area contributed by atoms with Crippen LogP contribution in [0.4, 0.5) is 0 Å². The SMILES string of the molecule is CC(C#N)S(=O)(=O)N1CCCC2CNCC21. The molecule has 6 heteroatoms. The van der Waals surface area contributed by atoms with Crippen LogP contribution in [0.5, 0.6) is 0 Å². The second-order valence-electron chi connectivity index (χ2n) is 4.55. The summed E-state index contributed by atoms with van der Waals surface area (Å²) in [5.74, 6) is 0.425. The zero-order valence-electron chi connectivity index (χ0n) is 9.39. The third kappa shape index (κ3) is 1.83. The number of hydrogen-bond acceptors (Lipinski definition) is 4. The van der Waals surface area contributed by atoms with Crippen molar-refractivity contribution < 1.29 is 8.42 Å². The molecule has 2 fully saturated rings. The summed E-state index contributed by atoms with van der Waals surface area (Å²) < 4.78 is 25.8. The van der Waals surface area contributed by atoms with Gasteiger partial charge < -0.3 is 5.32 Å². The third-order valence-electron chi connectivity index (χ3n) is 3.58. The topological polar surface area (TPSA) is 73.2 Å². The summed E-state index contributed by atoms with van der Waals surface area (Å²) in [6.45, 7) is 3.65. The van der Waals surface area contributed by atoms with Crippen molar-refractivity contribution in [3.05, 3.63) is 0 Å². The molecule has 0 spiro atoms. The standard InChI is InChI=1S/C10H17N3O2S/c1-8(5-11)16(14,15)13-4-2-3-9-6-12-7-10(9)13/h8-10,12H,2-4,6-7H2,1H3. The first-order chi connectivity index (χ1) is 7.57. The maximum Gasteiger partial charge on any atom is 0.230 e. The van der Waals surface area contributed by atoms with Gasteiger partial charge in [0.05, 0.1) is 6.07 Å². The van der Waals surface area contributed by atoms with Gasteiger partial charge in [0.15, 0.2) is 5.25 Å². The minimum absolute atomic E-state index is 0.0644. The Kier molecular flexibility index (Phi) is 3.19. The van der Waals surface area contributed by atoms with Crippen LogP contribution in [0.1, 0.15) is 19.8 Å². The molecule has 0 aromatic carbocycles. The van der Waals surface area contributed by atoms with Crippen molar-refractivity contribution in [2.45, 2.75) is 31.1 Å². The Balaban J connectivity index is 2.23. The lowest BCUT2D eigenvalue weighted by Gasteiger charge is -2.36. The van der Waals surface area contributed by atoms with E-state index in [2.05, 4.69) is 5.32 Å². The first-order valence-corrected chi connectivity index (χ1v) is 7.18. The van der Waals surface area contributed by atoms with E-state index in [4.69, 9.17) is 5.26 Å². The molecule has 0 bridgehead atoms. The van der Waals surface area contributed by atoms with E-state index in [1.807, 2.05) is 6.07 Å². The van der Waals surface area contributed by atoms with E-state index in [0.717, 1.165) is 25.9 Å². The van der Waals surface area contributed by atoms with Crippen LogP contribution in [0.2, 0.25) is 0 Å². The van der Waals surface area contributed by atoms with Gasteiger partial charge in [0.25, 0.3) is 0 Å². The van der Waals surface area contributed by atoms with Crippen molar-refractivity contribution in [1.82, 2.24) is 9.62 Å². The molecular weight excluding hydrogens is 226 g/mol. The van der Waals surface area contributed by atoms with Crippen LogP contribution in [0.25, 0.3) is 0 Å². The summed E-state index contributed by atoms with van der Waals surface area (Å²) >= 11 is 0. The fraction of sp³-hybridized carbons (Fsp3) is 0.900. The van der Waals surface area contributed by atoms with Gasteiger partial charge in [-0.1, -0.05) is 0 Å². The largest absolute Gasteiger partial charge is 0.315 e. The molecule has 0 saturated carbocycles. The monoisotopic (exact) mass is 243 g/mol. The van der Waals surface area contributed by atoms with E-state index < -0.39 is 15.3 Å². The number of nitrogens with zero attached hydrogens (tertiary/aromatic N) is 2. The molecule has 0 aromatic rings. The van der Waals surface area contributed by atoms with Crippen molar-refractivity contribution in [3.8, 4) is 6.07 Å². The molecule has 16 heavy (non-hydrogen) atoms. The second kappa shape index (κ2) is 4.32. The molecule has 5 nitrogen and oxygen atoms in total. The quantitative estimate of drug-likeness (QED) is 0.736. The minimum atomic E-state index is -3.43. The highest BCUT2D eigenvalue weighted by Crippen LogP contribution is 2.29. The van der Waals surface area contributed by atoms with Gasteiger partial charge in [-0.05, 0) is 32.2 Å². The molecule has 2 aliphatic heterocycles. The van der Waals surface area contributed by atoms with Crippen LogP contribution in [0.3, 0.4) is 0 Å². The number of fused-ring (bicyclic) bond motifs is 1. The van der Waals surface area contributed by atoms with E-state index in [-0.39, 0.29) is 6.04 Å². The Morgan fingerprint density at radius 1 is 1.50 bits per heavy atom. The van der Waals surface area contributed by atoms with Crippen LogP contribution >= 0.6 is 0 Å². The predicted molar refractivity (Wildman–Crippen MR) is 60.1 cm³/mol. The number of hydrogen-bond donors (Lipinski definition) is 1. The summed E-state index contributed by atoms with van der Waals surface area (Å²) in [7, 11) is -3.43. The highest BCUT2D eigenvalue weighted by atomic mass is 32.2. The third-order valence-corrected chi connectivity index (χ3v) is 5.69. The average Bonchev–Trinajstić information content (AvgIpc) is 2.75. The molecule has 90 valence electrons. The maximum atomic E-state index is 12.1. The highest BCUT2D eigenvalue weighted by Gasteiger charge is 2.42. The molecule has 2 rings (SSSR count). The van der Waals surface area contributed by atoms with Crippen molar-refractivity contribution in [2.75, 3.05) is 19.6 Å². The zero-order valence-corrected chi connectivity index (χ0v) is 10.2. The smallest absolute Gasteiger partial charge is 0.230 e. The second-order valence-corrected chi connectivity index (χ2v) is 6.76. The zero-order chi connectivity index (χ0) is 11.8. The van der Waals surface area contributed by atoms with Crippen molar-refractivity contribution in [3.63, 3.8) is 0 Å². The predicted octanol–water partition coefficient (Wildman–Crippen LogP) is -0.0879. The summed E-state index contributed by atoms with van der Waals surface area (Å²) in [6.07, 6.45) is 1.99. The lowest BCUT2D eigenvalue weighted by Crippen LogP contribution is -2.50. The van der Waals surface area contributed by atoms with Crippen LogP contribution in [-0.2, 0) is 10.0 Å². The summed E-state index contributed by atoms with van der Waals surface area (Å²) in [6, 6.07) is 1.90. The van der Waals surface area contributed by atoms with Crippen LogP contribution in [-0.4, -0.2) is 43.6 Å². The van der Waals surface area contributed by atoms with Gasteiger partial charge in [-0.15, -0.1) is 0 Å².